The van der Waals surface area contributed by atoms with Gasteiger partial charge in [0.2, 0.25) is 0 Å². The van der Waals surface area contributed by atoms with Crippen molar-refractivity contribution in [1.29, 1.82) is 5.26 Å². The van der Waals surface area contributed by atoms with Crippen LogP contribution in [0.5, 0.6) is 0 Å². The first-order chi connectivity index (χ1) is 8.19. The fourth-order valence-corrected chi connectivity index (χ4v) is 2.11. The zero-order valence-corrected chi connectivity index (χ0v) is 9.50. The summed E-state index contributed by atoms with van der Waals surface area (Å²) in [5.41, 5.74) is 0.516. The smallest absolute Gasteiger partial charge is 0.130 e. The second-order valence-corrected chi connectivity index (χ2v) is 4.42. The minimum absolute atomic E-state index is 0.129. The van der Waals surface area contributed by atoms with Crippen LogP contribution in [0.1, 0.15) is 18.4 Å². The van der Waals surface area contributed by atoms with E-state index in [1.165, 1.54) is 12.1 Å². The van der Waals surface area contributed by atoms with Crippen molar-refractivity contribution in [1.82, 2.24) is 4.90 Å². The van der Waals surface area contributed by atoms with Crippen LogP contribution in [-0.2, 0) is 6.54 Å². The molecule has 0 N–H and O–H groups in total. The van der Waals surface area contributed by atoms with E-state index in [1.54, 1.807) is 0 Å². The Labute approximate surface area is 99.5 Å². The van der Waals surface area contributed by atoms with Gasteiger partial charge in [-0.25, -0.2) is 8.78 Å². The summed E-state index contributed by atoms with van der Waals surface area (Å²) in [6.07, 6.45) is 1.67. The summed E-state index contributed by atoms with van der Waals surface area (Å²) >= 11 is 0. The zero-order valence-electron chi connectivity index (χ0n) is 9.50. The largest absolute Gasteiger partial charge is 0.299 e. The van der Waals surface area contributed by atoms with E-state index in [9.17, 15) is 8.78 Å². The molecule has 0 saturated carbocycles. The number of halogens is 2. The van der Waals surface area contributed by atoms with Crippen molar-refractivity contribution in [2.24, 2.45) is 5.92 Å². The average Bonchev–Trinajstić information content (AvgIpc) is 2.34. The zero-order chi connectivity index (χ0) is 12.3. The van der Waals surface area contributed by atoms with E-state index in [1.807, 2.05) is 0 Å². The first-order valence-corrected chi connectivity index (χ1v) is 5.75. The standard InChI is InChI=1S/C13H14F2N2/c14-12-2-1-11(13(15)7-12)9-17-5-3-10(8-16)4-6-17/h1-2,7,10H,3-6,9H2. The van der Waals surface area contributed by atoms with Gasteiger partial charge >= 0.3 is 0 Å². The lowest BCUT2D eigenvalue weighted by Gasteiger charge is -2.29. The third-order valence-corrected chi connectivity index (χ3v) is 3.18. The van der Waals surface area contributed by atoms with E-state index in [0.29, 0.717) is 12.1 Å². The molecule has 1 aliphatic rings. The normalized spacial score (nSPS) is 17.9. The van der Waals surface area contributed by atoms with Gasteiger partial charge in [-0.2, -0.15) is 5.26 Å². The lowest BCUT2D eigenvalue weighted by atomic mass is 9.98. The van der Waals surface area contributed by atoms with Crippen molar-refractivity contribution < 1.29 is 8.78 Å². The molecule has 0 radical (unpaired) electrons. The summed E-state index contributed by atoms with van der Waals surface area (Å²) in [6.45, 7) is 2.09. The molecule has 4 heteroatoms. The van der Waals surface area contributed by atoms with Crippen LogP contribution in [0.2, 0.25) is 0 Å². The number of benzene rings is 1. The molecule has 1 aromatic carbocycles. The summed E-state index contributed by atoms with van der Waals surface area (Å²) in [5, 5.41) is 8.77. The second-order valence-electron chi connectivity index (χ2n) is 4.42. The molecule has 1 heterocycles. The highest BCUT2D eigenvalue weighted by molar-refractivity contribution is 5.18. The van der Waals surface area contributed by atoms with Gasteiger partial charge in [-0.3, -0.25) is 4.90 Å². The number of hydrogen-bond donors (Lipinski definition) is 0. The van der Waals surface area contributed by atoms with Gasteiger partial charge in [-0.05, 0) is 32.0 Å². The van der Waals surface area contributed by atoms with Crippen molar-refractivity contribution >= 4 is 0 Å². The SMILES string of the molecule is N#CC1CCN(Cc2ccc(F)cc2F)CC1. The highest BCUT2D eigenvalue weighted by Crippen LogP contribution is 2.19. The number of rotatable bonds is 2. The van der Waals surface area contributed by atoms with Crippen LogP contribution < -0.4 is 0 Å². The Morgan fingerprint density at radius 1 is 1.29 bits per heavy atom. The van der Waals surface area contributed by atoms with Gasteiger partial charge in [0.25, 0.3) is 0 Å². The van der Waals surface area contributed by atoms with Crippen LogP contribution in [0.4, 0.5) is 8.78 Å². The Morgan fingerprint density at radius 2 is 2.00 bits per heavy atom. The fraction of sp³-hybridized carbons (Fsp3) is 0.462. The van der Waals surface area contributed by atoms with E-state index in [2.05, 4.69) is 11.0 Å². The molecule has 0 spiro atoms. The van der Waals surface area contributed by atoms with Crippen molar-refractivity contribution in [2.45, 2.75) is 19.4 Å². The quantitative estimate of drug-likeness (QED) is 0.789. The van der Waals surface area contributed by atoms with Gasteiger partial charge < -0.3 is 0 Å². The summed E-state index contributed by atoms with van der Waals surface area (Å²) in [4.78, 5) is 2.10. The van der Waals surface area contributed by atoms with E-state index < -0.39 is 11.6 Å². The molecule has 0 unspecified atom stereocenters. The molecule has 0 aliphatic carbocycles. The maximum Gasteiger partial charge on any atom is 0.130 e. The number of nitriles is 1. The first kappa shape index (κ1) is 12.0. The van der Waals surface area contributed by atoms with Crippen LogP contribution in [0.3, 0.4) is 0 Å². The van der Waals surface area contributed by atoms with Crippen LogP contribution in [0, 0.1) is 28.9 Å². The molecule has 90 valence electrons. The van der Waals surface area contributed by atoms with Crippen LogP contribution in [-0.4, -0.2) is 18.0 Å². The molecule has 1 aliphatic heterocycles. The molecule has 1 fully saturated rings. The molecule has 0 aromatic heterocycles. The Balaban J connectivity index is 1.96. The number of piperidine rings is 1. The lowest BCUT2D eigenvalue weighted by Crippen LogP contribution is -2.33. The molecule has 0 atom stereocenters. The fourth-order valence-electron chi connectivity index (χ4n) is 2.11. The molecule has 2 rings (SSSR count). The lowest BCUT2D eigenvalue weighted by molar-refractivity contribution is 0.196. The van der Waals surface area contributed by atoms with E-state index in [4.69, 9.17) is 5.26 Å². The Hall–Kier alpha value is -1.47. The van der Waals surface area contributed by atoms with Crippen molar-refractivity contribution in [3.8, 4) is 6.07 Å². The number of nitrogens with zero attached hydrogens (tertiary/aromatic N) is 2. The predicted octanol–water partition coefficient (Wildman–Crippen LogP) is 2.70. The molecule has 17 heavy (non-hydrogen) atoms. The average molecular weight is 236 g/mol. The third kappa shape index (κ3) is 3.01. The first-order valence-electron chi connectivity index (χ1n) is 5.75. The molecule has 1 saturated heterocycles. The minimum Gasteiger partial charge on any atom is -0.299 e. The van der Waals surface area contributed by atoms with E-state index in [0.717, 1.165) is 32.0 Å². The van der Waals surface area contributed by atoms with E-state index >= 15 is 0 Å². The molecular weight excluding hydrogens is 222 g/mol. The monoisotopic (exact) mass is 236 g/mol. The maximum absolute atomic E-state index is 13.4. The summed E-state index contributed by atoms with van der Waals surface area (Å²) < 4.78 is 26.2. The Bertz CT molecular complexity index is 432. The highest BCUT2D eigenvalue weighted by Gasteiger charge is 2.19. The number of likely N-dealkylation sites (tertiary alicyclic amines) is 1. The topological polar surface area (TPSA) is 27.0 Å². The minimum atomic E-state index is -0.547. The van der Waals surface area contributed by atoms with Gasteiger partial charge in [-0.15, -0.1) is 0 Å². The second kappa shape index (κ2) is 5.24. The van der Waals surface area contributed by atoms with Crippen LogP contribution in [0.25, 0.3) is 0 Å². The van der Waals surface area contributed by atoms with Crippen LogP contribution >= 0.6 is 0 Å². The Morgan fingerprint density at radius 3 is 2.59 bits per heavy atom. The number of hydrogen-bond acceptors (Lipinski definition) is 2. The summed E-state index contributed by atoms with van der Waals surface area (Å²) in [6, 6.07) is 5.94. The van der Waals surface area contributed by atoms with Crippen molar-refractivity contribution in [3.63, 3.8) is 0 Å². The van der Waals surface area contributed by atoms with E-state index in [-0.39, 0.29) is 5.92 Å². The van der Waals surface area contributed by atoms with Crippen molar-refractivity contribution in [2.75, 3.05) is 13.1 Å². The van der Waals surface area contributed by atoms with Crippen LogP contribution in [0.15, 0.2) is 18.2 Å². The highest BCUT2D eigenvalue weighted by atomic mass is 19.1. The van der Waals surface area contributed by atoms with Crippen molar-refractivity contribution in [3.05, 3.63) is 35.4 Å². The summed E-state index contributed by atoms with van der Waals surface area (Å²) in [7, 11) is 0. The Kier molecular flexibility index (Phi) is 3.70. The van der Waals surface area contributed by atoms with Gasteiger partial charge in [0.15, 0.2) is 0 Å². The molecular formula is C13H14F2N2. The molecule has 0 amide bonds. The third-order valence-electron chi connectivity index (χ3n) is 3.18. The maximum atomic E-state index is 13.4. The predicted molar refractivity (Wildman–Crippen MR) is 60.0 cm³/mol. The van der Waals surface area contributed by atoms with Gasteiger partial charge in [0, 0.05) is 24.1 Å². The molecule has 1 aromatic rings. The van der Waals surface area contributed by atoms with Gasteiger partial charge in [0.1, 0.15) is 11.6 Å². The molecule has 0 bridgehead atoms. The van der Waals surface area contributed by atoms with Gasteiger partial charge in [0.05, 0.1) is 6.07 Å². The molecule has 2 nitrogen and oxygen atoms in total. The summed E-state index contributed by atoms with van der Waals surface area (Å²) in [5.74, 6) is -0.911. The van der Waals surface area contributed by atoms with Gasteiger partial charge in [-0.1, -0.05) is 6.07 Å².